The average Bonchev–Trinajstić information content (AvgIpc) is 2.38. The molecular weight excluding hydrogens is 306 g/mol. The highest BCUT2D eigenvalue weighted by Crippen LogP contribution is 2.26. The smallest absolute Gasteiger partial charge is 0.341 e. The fourth-order valence-corrected chi connectivity index (χ4v) is 3.72. The van der Waals surface area contributed by atoms with Crippen molar-refractivity contribution in [3.05, 3.63) is 29.3 Å². The molecule has 0 bridgehead atoms. The largest absolute Gasteiger partial charge is 0.477 e. The zero-order valence-corrected chi connectivity index (χ0v) is 11.7. The molecule has 116 valence electrons. The molecule has 0 amide bonds. The normalized spacial score (nSPS) is 17.9. The number of hydrogen-bond acceptors (Lipinski definition) is 4. The molecule has 1 aliphatic rings. The molecule has 2 rings (SSSR count). The van der Waals surface area contributed by atoms with Crippen LogP contribution in [0.4, 0.5) is 8.78 Å². The van der Waals surface area contributed by atoms with E-state index >= 15 is 0 Å². The van der Waals surface area contributed by atoms with Crippen LogP contribution in [0.3, 0.4) is 0 Å². The van der Waals surface area contributed by atoms with E-state index in [-0.39, 0.29) is 19.1 Å². The Labute approximate surface area is 120 Å². The van der Waals surface area contributed by atoms with E-state index in [0.29, 0.717) is 18.9 Å². The van der Waals surface area contributed by atoms with E-state index in [2.05, 4.69) is 0 Å². The Balaban J connectivity index is 2.46. The molecule has 0 unspecified atom stereocenters. The average molecular weight is 320 g/mol. The molecule has 0 saturated carbocycles. The van der Waals surface area contributed by atoms with Crippen LogP contribution in [0.15, 0.2) is 17.0 Å². The first kappa shape index (κ1) is 15.8. The standard InChI is InChI=1S/C12H14F2N2O4S/c13-8-1-2-9(11(14)10(8)12(17)18)21(19,20)16-5-3-7(15)4-6-16/h1-2,7H,3-6,15H2,(H,17,18). The third-order valence-corrected chi connectivity index (χ3v) is 5.30. The number of carboxylic acids is 1. The zero-order valence-electron chi connectivity index (χ0n) is 10.9. The highest BCUT2D eigenvalue weighted by atomic mass is 32.2. The first-order valence-electron chi connectivity index (χ1n) is 6.22. The van der Waals surface area contributed by atoms with Crippen molar-refractivity contribution < 1.29 is 27.1 Å². The maximum absolute atomic E-state index is 14.1. The molecule has 1 fully saturated rings. The van der Waals surface area contributed by atoms with Crippen LogP contribution in [0, 0.1) is 11.6 Å². The second-order valence-corrected chi connectivity index (χ2v) is 6.69. The summed E-state index contributed by atoms with van der Waals surface area (Å²) in [6, 6.07) is 1.25. The summed E-state index contributed by atoms with van der Waals surface area (Å²) >= 11 is 0. The van der Waals surface area contributed by atoms with Crippen molar-refractivity contribution in [2.24, 2.45) is 5.73 Å². The third kappa shape index (κ3) is 2.89. The number of piperidine rings is 1. The number of nitrogens with two attached hydrogens (primary N) is 1. The van der Waals surface area contributed by atoms with Gasteiger partial charge in [-0.25, -0.2) is 22.0 Å². The van der Waals surface area contributed by atoms with Crippen LogP contribution in [-0.4, -0.2) is 42.9 Å². The fourth-order valence-electron chi connectivity index (χ4n) is 2.18. The van der Waals surface area contributed by atoms with Crippen LogP contribution >= 0.6 is 0 Å². The van der Waals surface area contributed by atoms with Crippen molar-refractivity contribution in [3.8, 4) is 0 Å². The number of carbonyl (C=O) groups is 1. The highest BCUT2D eigenvalue weighted by Gasteiger charge is 2.33. The van der Waals surface area contributed by atoms with Gasteiger partial charge in [0.05, 0.1) is 0 Å². The molecule has 1 aromatic carbocycles. The molecule has 1 saturated heterocycles. The maximum atomic E-state index is 14.1. The van der Waals surface area contributed by atoms with Gasteiger partial charge in [-0.15, -0.1) is 0 Å². The van der Waals surface area contributed by atoms with Crippen LogP contribution in [0.25, 0.3) is 0 Å². The molecule has 1 heterocycles. The van der Waals surface area contributed by atoms with Gasteiger partial charge in [0.25, 0.3) is 0 Å². The number of nitrogens with zero attached hydrogens (tertiary/aromatic N) is 1. The molecule has 21 heavy (non-hydrogen) atoms. The number of hydrogen-bond donors (Lipinski definition) is 2. The fraction of sp³-hybridized carbons (Fsp3) is 0.417. The van der Waals surface area contributed by atoms with Gasteiger partial charge in [-0.3, -0.25) is 0 Å². The Hall–Kier alpha value is -1.58. The van der Waals surface area contributed by atoms with Crippen LogP contribution in [-0.2, 0) is 10.0 Å². The highest BCUT2D eigenvalue weighted by molar-refractivity contribution is 7.89. The van der Waals surface area contributed by atoms with E-state index in [0.717, 1.165) is 10.4 Å². The van der Waals surface area contributed by atoms with E-state index < -0.39 is 38.1 Å². The van der Waals surface area contributed by atoms with E-state index in [9.17, 15) is 22.0 Å². The number of carboxylic acid groups (broad SMARTS) is 1. The number of aromatic carboxylic acids is 1. The van der Waals surface area contributed by atoms with Crippen LogP contribution in [0.1, 0.15) is 23.2 Å². The molecule has 0 atom stereocenters. The first-order chi connectivity index (χ1) is 9.75. The maximum Gasteiger partial charge on any atom is 0.341 e. The van der Waals surface area contributed by atoms with Gasteiger partial charge in [0.15, 0.2) is 5.82 Å². The van der Waals surface area contributed by atoms with Gasteiger partial charge < -0.3 is 10.8 Å². The molecule has 0 aliphatic carbocycles. The Morgan fingerprint density at radius 1 is 1.29 bits per heavy atom. The quantitative estimate of drug-likeness (QED) is 0.857. The molecule has 9 heteroatoms. The van der Waals surface area contributed by atoms with Gasteiger partial charge in [-0.2, -0.15) is 4.31 Å². The third-order valence-electron chi connectivity index (χ3n) is 3.39. The van der Waals surface area contributed by atoms with E-state index in [1.54, 1.807) is 0 Å². The number of sulfonamides is 1. The van der Waals surface area contributed by atoms with Crippen LogP contribution in [0.2, 0.25) is 0 Å². The molecule has 3 N–H and O–H groups in total. The Kier molecular flexibility index (Phi) is 4.26. The zero-order chi connectivity index (χ0) is 15.8. The van der Waals surface area contributed by atoms with Crippen molar-refractivity contribution in [1.82, 2.24) is 4.31 Å². The Bertz CT molecular complexity index is 670. The number of halogens is 2. The molecule has 0 radical (unpaired) electrons. The van der Waals surface area contributed by atoms with Crippen LogP contribution < -0.4 is 5.73 Å². The summed E-state index contributed by atoms with van der Waals surface area (Å²) in [5, 5.41) is 8.78. The number of rotatable bonds is 3. The van der Waals surface area contributed by atoms with Gasteiger partial charge in [0.2, 0.25) is 10.0 Å². The van der Waals surface area contributed by atoms with Gasteiger partial charge >= 0.3 is 5.97 Å². The summed E-state index contributed by atoms with van der Waals surface area (Å²) in [5.74, 6) is -4.76. The Morgan fingerprint density at radius 3 is 2.38 bits per heavy atom. The molecule has 1 aromatic rings. The van der Waals surface area contributed by atoms with E-state index in [4.69, 9.17) is 10.8 Å². The molecule has 0 spiro atoms. The van der Waals surface area contributed by atoms with Crippen molar-refractivity contribution in [1.29, 1.82) is 0 Å². The van der Waals surface area contributed by atoms with Crippen molar-refractivity contribution in [2.45, 2.75) is 23.8 Å². The van der Waals surface area contributed by atoms with E-state index in [1.165, 1.54) is 0 Å². The van der Waals surface area contributed by atoms with Gasteiger partial charge in [0.1, 0.15) is 16.3 Å². The minimum absolute atomic E-state index is 0.114. The summed E-state index contributed by atoms with van der Waals surface area (Å²) < 4.78 is 53.1. The summed E-state index contributed by atoms with van der Waals surface area (Å²) in [5.41, 5.74) is 4.40. The molecule has 1 aliphatic heterocycles. The van der Waals surface area contributed by atoms with Gasteiger partial charge in [-0.1, -0.05) is 0 Å². The first-order valence-corrected chi connectivity index (χ1v) is 7.66. The van der Waals surface area contributed by atoms with Gasteiger partial charge in [-0.05, 0) is 25.0 Å². The summed E-state index contributed by atoms with van der Waals surface area (Å²) in [7, 11) is -4.22. The number of benzene rings is 1. The summed E-state index contributed by atoms with van der Waals surface area (Å²) in [4.78, 5) is 10.00. The lowest BCUT2D eigenvalue weighted by molar-refractivity contribution is 0.0685. The van der Waals surface area contributed by atoms with Crippen molar-refractivity contribution >= 4 is 16.0 Å². The predicted molar refractivity (Wildman–Crippen MR) is 69.3 cm³/mol. The minimum Gasteiger partial charge on any atom is -0.477 e. The molecule has 6 nitrogen and oxygen atoms in total. The van der Waals surface area contributed by atoms with Crippen molar-refractivity contribution in [2.75, 3.05) is 13.1 Å². The summed E-state index contributed by atoms with van der Waals surface area (Å²) in [6.45, 7) is 0.228. The minimum atomic E-state index is -4.22. The lowest BCUT2D eigenvalue weighted by atomic mass is 10.1. The lowest BCUT2D eigenvalue weighted by Gasteiger charge is -2.29. The second-order valence-electron chi connectivity index (χ2n) is 4.78. The lowest BCUT2D eigenvalue weighted by Crippen LogP contribution is -2.43. The summed E-state index contributed by atoms with van der Waals surface area (Å²) in [6.07, 6.45) is 0.849. The predicted octanol–water partition coefficient (Wildman–Crippen LogP) is 0.775. The van der Waals surface area contributed by atoms with E-state index in [1.807, 2.05) is 0 Å². The van der Waals surface area contributed by atoms with Crippen LogP contribution in [0.5, 0.6) is 0 Å². The second kappa shape index (κ2) is 5.66. The van der Waals surface area contributed by atoms with Gasteiger partial charge in [0, 0.05) is 19.1 Å². The SMILES string of the molecule is NC1CCN(S(=O)(=O)c2ccc(F)c(C(=O)O)c2F)CC1. The molecular formula is C12H14F2N2O4S. The molecule has 0 aromatic heterocycles. The van der Waals surface area contributed by atoms with Crippen molar-refractivity contribution in [3.63, 3.8) is 0 Å². The monoisotopic (exact) mass is 320 g/mol. The Morgan fingerprint density at radius 2 is 1.86 bits per heavy atom. The topological polar surface area (TPSA) is 101 Å².